The van der Waals surface area contributed by atoms with Crippen molar-refractivity contribution in [3.8, 4) is 5.75 Å². The van der Waals surface area contributed by atoms with E-state index in [1.165, 1.54) is 0 Å². The van der Waals surface area contributed by atoms with Gasteiger partial charge in [0.25, 0.3) is 5.91 Å². The van der Waals surface area contributed by atoms with Gasteiger partial charge in [0.05, 0.1) is 0 Å². The van der Waals surface area contributed by atoms with Crippen LogP contribution in [0.5, 0.6) is 5.75 Å². The molecule has 0 saturated carbocycles. The second-order valence-electron chi connectivity index (χ2n) is 4.54. The summed E-state index contributed by atoms with van der Waals surface area (Å²) >= 11 is 0. The molecule has 3 rings (SSSR count). The predicted octanol–water partition coefficient (Wildman–Crippen LogP) is 2.18. The Morgan fingerprint density at radius 2 is 1.94 bits per heavy atom. The minimum atomic E-state index is -0.0438. The second kappa shape index (κ2) is 4.29. The second-order valence-corrected chi connectivity index (χ2v) is 4.54. The van der Waals surface area contributed by atoms with Crippen LogP contribution in [0.3, 0.4) is 0 Å². The topological polar surface area (TPSA) is 53.4 Å². The summed E-state index contributed by atoms with van der Waals surface area (Å²) in [5, 5.41) is 10.6. The molecule has 1 fully saturated rings. The van der Waals surface area contributed by atoms with E-state index in [1.807, 2.05) is 17.0 Å². The van der Waals surface area contributed by atoms with Gasteiger partial charge < -0.3 is 10.0 Å². The van der Waals surface area contributed by atoms with Gasteiger partial charge in [0.15, 0.2) is 0 Å². The third-order valence-electron chi connectivity index (χ3n) is 3.31. The average Bonchev–Trinajstić information content (AvgIpc) is 2.92. The van der Waals surface area contributed by atoms with Crippen molar-refractivity contribution in [2.24, 2.45) is 0 Å². The van der Waals surface area contributed by atoms with Gasteiger partial charge in [-0.25, -0.2) is 4.98 Å². The average molecular weight is 242 g/mol. The number of phenolic OH excluding ortho intramolecular Hbond substituents is 1. The van der Waals surface area contributed by atoms with Crippen LogP contribution in [0.4, 0.5) is 0 Å². The number of rotatable bonds is 1. The zero-order valence-electron chi connectivity index (χ0n) is 9.97. The van der Waals surface area contributed by atoms with E-state index in [2.05, 4.69) is 4.98 Å². The summed E-state index contributed by atoms with van der Waals surface area (Å²) in [7, 11) is 0. The van der Waals surface area contributed by atoms with Crippen molar-refractivity contribution in [1.29, 1.82) is 0 Å². The normalized spacial score (nSPS) is 15.2. The number of hydrogen-bond acceptors (Lipinski definition) is 3. The Balaban J connectivity index is 2.02. The summed E-state index contributed by atoms with van der Waals surface area (Å²) in [5.41, 5.74) is 0.897. The summed E-state index contributed by atoms with van der Waals surface area (Å²) in [4.78, 5) is 18.3. The number of para-hydroxylation sites is 1. The third kappa shape index (κ3) is 1.79. The number of aromatic nitrogens is 1. The first kappa shape index (κ1) is 11.0. The molecule has 4 nitrogen and oxygen atoms in total. The Morgan fingerprint density at radius 1 is 1.17 bits per heavy atom. The number of pyridine rings is 1. The van der Waals surface area contributed by atoms with Crippen LogP contribution < -0.4 is 0 Å². The molecule has 4 heteroatoms. The van der Waals surface area contributed by atoms with Gasteiger partial charge in [-0.05, 0) is 25.0 Å². The molecule has 0 aliphatic carbocycles. The van der Waals surface area contributed by atoms with E-state index < -0.39 is 0 Å². The van der Waals surface area contributed by atoms with Gasteiger partial charge in [0.2, 0.25) is 0 Å². The number of benzene rings is 1. The largest absolute Gasteiger partial charge is 0.506 e. The maximum Gasteiger partial charge on any atom is 0.272 e. The maximum atomic E-state index is 12.2. The fraction of sp³-hybridized carbons (Fsp3) is 0.286. The summed E-state index contributed by atoms with van der Waals surface area (Å²) in [6.07, 6.45) is 2.12. The van der Waals surface area contributed by atoms with Crippen molar-refractivity contribution in [3.63, 3.8) is 0 Å². The van der Waals surface area contributed by atoms with Crippen molar-refractivity contribution in [2.45, 2.75) is 12.8 Å². The molecule has 1 aliphatic rings. The highest BCUT2D eigenvalue weighted by atomic mass is 16.3. The molecule has 0 spiro atoms. The highest BCUT2D eigenvalue weighted by molar-refractivity contribution is 5.96. The Bertz CT molecular complexity index is 604. The van der Waals surface area contributed by atoms with Crippen LogP contribution in [-0.4, -0.2) is 34.0 Å². The molecule has 0 radical (unpaired) electrons. The number of carbonyl (C=O) groups excluding carboxylic acids is 1. The number of likely N-dealkylation sites (tertiary alicyclic amines) is 1. The van der Waals surface area contributed by atoms with Gasteiger partial charge in [0, 0.05) is 18.5 Å². The molecule has 0 bridgehead atoms. The van der Waals surface area contributed by atoms with Gasteiger partial charge in [0.1, 0.15) is 17.0 Å². The summed E-state index contributed by atoms with van der Waals surface area (Å²) < 4.78 is 0. The van der Waals surface area contributed by atoms with Gasteiger partial charge in [-0.15, -0.1) is 0 Å². The van der Waals surface area contributed by atoms with Crippen LogP contribution in [0.1, 0.15) is 23.3 Å². The van der Waals surface area contributed by atoms with E-state index >= 15 is 0 Å². The van der Waals surface area contributed by atoms with Crippen molar-refractivity contribution >= 4 is 16.8 Å². The summed E-state index contributed by atoms with van der Waals surface area (Å²) in [6.45, 7) is 1.61. The molecule has 1 aliphatic heterocycles. The van der Waals surface area contributed by atoms with E-state index in [9.17, 15) is 9.90 Å². The lowest BCUT2D eigenvalue weighted by Crippen LogP contribution is -2.28. The molecule has 2 aromatic rings. The van der Waals surface area contributed by atoms with E-state index in [0.717, 1.165) is 31.3 Å². The summed E-state index contributed by atoms with van der Waals surface area (Å²) in [6, 6.07) is 8.76. The molecule has 92 valence electrons. The Kier molecular flexibility index (Phi) is 2.63. The molecule has 2 heterocycles. The molecule has 1 saturated heterocycles. The number of fused-ring (bicyclic) bond motifs is 1. The molecule has 18 heavy (non-hydrogen) atoms. The molecule has 1 amide bonds. The van der Waals surface area contributed by atoms with Crippen LogP contribution in [0, 0.1) is 0 Å². The fourth-order valence-corrected chi connectivity index (χ4v) is 2.33. The molecular formula is C14H14N2O2. The number of carbonyl (C=O) groups is 1. The molecule has 1 aromatic heterocycles. The standard InChI is InChI=1S/C14H14N2O2/c17-12-5-3-4-10-6-7-11(15-13(10)12)14(18)16-8-1-2-9-16/h3-7,17H,1-2,8-9H2. The van der Waals surface area contributed by atoms with Crippen molar-refractivity contribution in [3.05, 3.63) is 36.0 Å². The predicted molar refractivity (Wildman–Crippen MR) is 68.5 cm³/mol. The van der Waals surface area contributed by atoms with E-state index in [4.69, 9.17) is 0 Å². The van der Waals surface area contributed by atoms with Crippen LogP contribution in [-0.2, 0) is 0 Å². The van der Waals surface area contributed by atoms with Crippen molar-refractivity contribution in [1.82, 2.24) is 9.88 Å². The molecule has 0 unspecified atom stereocenters. The molecule has 1 N–H and O–H groups in total. The first-order valence-electron chi connectivity index (χ1n) is 6.14. The summed E-state index contributed by atoms with van der Waals surface area (Å²) in [5.74, 6) is 0.0706. The lowest BCUT2D eigenvalue weighted by Gasteiger charge is -2.14. The Morgan fingerprint density at radius 3 is 2.72 bits per heavy atom. The molecule has 0 atom stereocenters. The number of phenols is 1. The minimum Gasteiger partial charge on any atom is -0.506 e. The third-order valence-corrected chi connectivity index (χ3v) is 3.31. The lowest BCUT2D eigenvalue weighted by molar-refractivity contribution is 0.0787. The van der Waals surface area contributed by atoms with Crippen molar-refractivity contribution in [2.75, 3.05) is 13.1 Å². The van der Waals surface area contributed by atoms with Gasteiger partial charge in [-0.2, -0.15) is 0 Å². The fourth-order valence-electron chi connectivity index (χ4n) is 2.33. The zero-order chi connectivity index (χ0) is 12.5. The number of nitrogens with zero attached hydrogens (tertiary/aromatic N) is 2. The van der Waals surface area contributed by atoms with Gasteiger partial charge >= 0.3 is 0 Å². The smallest absolute Gasteiger partial charge is 0.272 e. The van der Waals surface area contributed by atoms with Crippen LogP contribution >= 0.6 is 0 Å². The molecule has 1 aromatic carbocycles. The van der Waals surface area contributed by atoms with E-state index in [-0.39, 0.29) is 11.7 Å². The van der Waals surface area contributed by atoms with Gasteiger partial charge in [-0.1, -0.05) is 18.2 Å². The SMILES string of the molecule is O=C(c1ccc2cccc(O)c2n1)N1CCCC1. The van der Waals surface area contributed by atoms with Crippen LogP contribution in [0.15, 0.2) is 30.3 Å². The highest BCUT2D eigenvalue weighted by Crippen LogP contribution is 2.23. The maximum absolute atomic E-state index is 12.2. The minimum absolute atomic E-state index is 0.0438. The number of aromatic hydroxyl groups is 1. The first-order valence-corrected chi connectivity index (χ1v) is 6.14. The van der Waals surface area contributed by atoms with E-state index in [1.54, 1.807) is 18.2 Å². The van der Waals surface area contributed by atoms with Crippen LogP contribution in [0.25, 0.3) is 10.9 Å². The Hall–Kier alpha value is -2.10. The zero-order valence-corrected chi connectivity index (χ0v) is 9.97. The monoisotopic (exact) mass is 242 g/mol. The van der Waals surface area contributed by atoms with Crippen LogP contribution in [0.2, 0.25) is 0 Å². The lowest BCUT2D eigenvalue weighted by atomic mass is 10.2. The van der Waals surface area contributed by atoms with E-state index in [0.29, 0.717) is 11.2 Å². The van der Waals surface area contributed by atoms with Gasteiger partial charge in [-0.3, -0.25) is 4.79 Å². The number of amides is 1. The number of hydrogen-bond donors (Lipinski definition) is 1. The first-order chi connectivity index (χ1) is 8.75. The van der Waals surface area contributed by atoms with Crippen molar-refractivity contribution < 1.29 is 9.90 Å². The highest BCUT2D eigenvalue weighted by Gasteiger charge is 2.20. The quantitative estimate of drug-likeness (QED) is 0.833. The Labute approximate surface area is 105 Å². The molecular weight excluding hydrogens is 228 g/mol.